The minimum absolute atomic E-state index is 0. The van der Waals surface area contributed by atoms with Gasteiger partial charge in [-0.3, -0.25) is 4.79 Å². The largest absolute Gasteiger partial charge is 0.340 e. The minimum Gasteiger partial charge on any atom is -0.340 e. The van der Waals surface area contributed by atoms with Crippen LogP contribution >= 0.6 is 24.8 Å². The fraction of sp³-hybridized carbons (Fsp3) is 0.909. The van der Waals surface area contributed by atoms with Crippen LogP contribution in [0.4, 0.5) is 0 Å². The molecule has 0 radical (unpaired) electrons. The molecule has 1 heterocycles. The zero-order valence-corrected chi connectivity index (χ0v) is 11.9. The smallest absolute Gasteiger partial charge is 0.227 e. The van der Waals surface area contributed by atoms with Crippen LogP contribution in [0.25, 0.3) is 0 Å². The van der Waals surface area contributed by atoms with E-state index >= 15 is 0 Å². The number of carbonyl (C=O) groups excluding carboxylic acids is 1. The second-order valence-electron chi connectivity index (χ2n) is 4.84. The van der Waals surface area contributed by atoms with Crippen LogP contribution in [0.3, 0.4) is 0 Å². The van der Waals surface area contributed by atoms with Crippen LogP contribution in [0.15, 0.2) is 0 Å². The first-order valence-corrected chi connectivity index (χ1v) is 5.96. The lowest BCUT2D eigenvalue weighted by atomic mass is 10.0. The first kappa shape index (κ1) is 17.0. The van der Waals surface area contributed by atoms with Gasteiger partial charge in [0.15, 0.2) is 0 Å². The Bertz CT molecular complexity index is 253. The molecular weight excluding hydrogens is 261 g/mol. The monoisotopic (exact) mass is 283 g/mol. The molecule has 2 rings (SSSR count). The van der Waals surface area contributed by atoms with Crippen molar-refractivity contribution in [2.45, 2.75) is 38.3 Å². The number of halogens is 2. The van der Waals surface area contributed by atoms with Gasteiger partial charge in [-0.2, -0.15) is 0 Å². The second kappa shape index (κ2) is 7.41. The van der Waals surface area contributed by atoms with Gasteiger partial charge in [0.05, 0.1) is 5.92 Å². The fourth-order valence-corrected chi connectivity index (χ4v) is 2.66. The van der Waals surface area contributed by atoms with Crippen LogP contribution in [-0.2, 0) is 4.79 Å². The van der Waals surface area contributed by atoms with Crippen molar-refractivity contribution in [2.75, 3.05) is 19.6 Å². The van der Waals surface area contributed by atoms with Crippen molar-refractivity contribution in [3.63, 3.8) is 0 Å². The summed E-state index contributed by atoms with van der Waals surface area (Å²) in [5.74, 6) is 0.378. The summed E-state index contributed by atoms with van der Waals surface area (Å²) in [6.07, 6.45) is 3.11. The van der Waals surface area contributed by atoms with E-state index in [2.05, 4.69) is 12.2 Å². The van der Waals surface area contributed by atoms with Crippen LogP contribution in [0.5, 0.6) is 0 Å². The van der Waals surface area contributed by atoms with Crippen molar-refractivity contribution in [1.29, 1.82) is 0 Å². The standard InChI is InChI=1S/C11H21N3O.2ClH/c1-8-7-14(6-5-13-8)11(15)9-3-2-4-10(9)12;;/h8-10,13H,2-7,12H2,1H3;2*1H/t8-,9?,10?;;/m0../s1. The number of piperazine rings is 1. The maximum absolute atomic E-state index is 12.2. The Labute approximate surface area is 115 Å². The molecule has 2 fully saturated rings. The van der Waals surface area contributed by atoms with E-state index in [1.165, 1.54) is 0 Å². The lowest BCUT2D eigenvalue weighted by Gasteiger charge is -2.34. The molecule has 3 N–H and O–H groups in total. The van der Waals surface area contributed by atoms with E-state index in [-0.39, 0.29) is 42.7 Å². The highest BCUT2D eigenvalue weighted by Gasteiger charge is 2.34. The summed E-state index contributed by atoms with van der Waals surface area (Å²) in [7, 11) is 0. The van der Waals surface area contributed by atoms with E-state index in [0.717, 1.165) is 38.9 Å². The minimum atomic E-state index is 0. The molecule has 0 aromatic carbocycles. The highest BCUT2D eigenvalue weighted by atomic mass is 35.5. The molecule has 0 spiro atoms. The van der Waals surface area contributed by atoms with Crippen molar-refractivity contribution in [1.82, 2.24) is 10.2 Å². The molecule has 1 aliphatic heterocycles. The third kappa shape index (κ3) is 3.98. The van der Waals surface area contributed by atoms with Crippen LogP contribution in [0.1, 0.15) is 26.2 Å². The van der Waals surface area contributed by atoms with Gasteiger partial charge in [-0.1, -0.05) is 6.42 Å². The van der Waals surface area contributed by atoms with E-state index < -0.39 is 0 Å². The number of hydrogen-bond acceptors (Lipinski definition) is 3. The van der Waals surface area contributed by atoms with Crippen LogP contribution < -0.4 is 11.1 Å². The molecule has 1 saturated heterocycles. The van der Waals surface area contributed by atoms with Crippen LogP contribution in [0, 0.1) is 5.92 Å². The van der Waals surface area contributed by atoms with Crippen molar-refractivity contribution >= 4 is 30.7 Å². The Morgan fingerprint density at radius 2 is 2.06 bits per heavy atom. The number of nitrogens with one attached hydrogen (secondary N) is 1. The molecule has 2 unspecified atom stereocenters. The molecule has 102 valence electrons. The van der Waals surface area contributed by atoms with Gasteiger partial charge in [-0.25, -0.2) is 0 Å². The Balaban J connectivity index is 0.00000128. The van der Waals surface area contributed by atoms with Gasteiger partial charge in [-0.05, 0) is 19.8 Å². The molecule has 4 nitrogen and oxygen atoms in total. The number of carbonyl (C=O) groups is 1. The summed E-state index contributed by atoms with van der Waals surface area (Å²) in [5, 5.41) is 3.34. The summed E-state index contributed by atoms with van der Waals surface area (Å²) >= 11 is 0. The Morgan fingerprint density at radius 1 is 1.35 bits per heavy atom. The lowest BCUT2D eigenvalue weighted by molar-refractivity contribution is -0.136. The van der Waals surface area contributed by atoms with Gasteiger partial charge in [0.2, 0.25) is 5.91 Å². The Hall–Kier alpha value is -0.0300. The van der Waals surface area contributed by atoms with Gasteiger partial charge in [0.25, 0.3) is 0 Å². The van der Waals surface area contributed by atoms with E-state index in [1.54, 1.807) is 0 Å². The molecule has 0 aromatic rings. The third-order valence-electron chi connectivity index (χ3n) is 3.57. The molecule has 2 aliphatic rings. The maximum Gasteiger partial charge on any atom is 0.227 e. The van der Waals surface area contributed by atoms with Crippen molar-refractivity contribution in [3.05, 3.63) is 0 Å². The molecule has 0 bridgehead atoms. The predicted octanol–water partition coefficient (Wildman–Crippen LogP) is 0.778. The van der Waals surface area contributed by atoms with Crippen molar-refractivity contribution in [3.8, 4) is 0 Å². The van der Waals surface area contributed by atoms with E-state index in [9.17, 15) is 4.79 Å². The van der Waals surface area contributed by atoms with Gasteiger partial charge >= 0.3 is 0 Å². The number of rotatable bonds is 1. The molecule has 6 heteroatoms. The number of hydrogen-bond donors (Lipinski definition) is 2. The highest BCUT2D eigenvalue weighted by Crippen LogP contribution is 2.26. The zero-order chi connectivity index (χ0) is 10.8. The molecule has 1 aliphatic carbocycles. The first-order chi connectivity index (χ1) is 7.18. The summed E-state index contributed by atoms with van der Waals surface area (Å²) < 4.78 is 0. The van der Waals surface area contributed by atoms with Gasteiger partial charge in [-0.15, -0.1) is 24.8 Å². The van der Waals surface area contributed by atoms with Gasteiger partial charge < -0.3 is 16.0 Å². The quantitative estimate of drug-likeness (QED) is 0.748. The molecule has 17 heavy (non-hydrogen) atoms. The zero-order valence-electron chi connectivity index (χ0n) is 10.2. The fourth-order valence-electron chi connectivity index (χ4n) is 2.66. The topological polar surface area (TPSA) is 58.4 Å². The normalized spacial score (nSPS) is 32.6. The summed E-state index contributed by atoms with van der Waals surface area (Å²) in [5.41, 5.74) is 5.96. The average Bonchev–Trinajstić information content (AvgIpc) is 2.63. The first-order valence-electron chi connectivity index (χ1n) is 5.96. The number of amides is 1. The Morgan fingerprint density at radius 3 is 2.59 bits per heavy atom. The summed E-state index contributed by atoms with van der Waals surface area (Å²) in [6, 6.07) is 0.517. The summed E-state index contributed by atoms with van der Waals surface area (Å²) in [4.78, 5) is 14.2. The van der Waals surface area contributed by atoms with Crippen molar-refractivity contribution < 1.29 is 4.79 Å². The van der Waals surface area contributed by atoms with E-state index in [4.69, 9.17) is 5.73 Å². The lowest BCUT2D eigenvalue weighted by Crippen LogP contribution is -2.54. The highest BCUT2D eigenvalue weighted by molar-refractivity contribution is 5.85. The van der Waals surface area contributed by atoms with Crippen LogP contribution in [0.2, 0.25) is 0 Å². The van der Waals surface area contributed by atoms with E-state index in [1.807, 2.05) is 4.90 Å². The molecular formula is C11H23Cl2N3O. The van der Waals surface area contributed by atoms with Gasteiger partial charge in [0, 0.05) is 31.7 Å². The number of nitrogens with zero attached hydrogens (tertiary/aromatic N) is 1. The number of nitrogens with two attached hydrogens (primary N) is 1. The molecule has 1 amide bonds. The second-order valence-corrected chi connectivity index (χ2v) is 4.84. The SMILES string of the molecule is C[C@H]1CN(C(=O)C2CCCC2N)CCN1.Cl.Cl. The van der Waals surface area contributed by atoms with Gasteiger partial charge in [0.1, 0.15) is 0 Å². The molecule has 3 atom stereocenters. The Kier molecular flexibility index (Phi) is 7.40. The van der Waals surface area contributed by atoms with E-state index in [0.29, 0.717) is 6.04 Å². The molecule has 1 saturated carbocycles. The van der Waals surface area contributed by atoms with Crippen molar-refractivity contribution in [2.24, 2.45) is 11.7 Å². The summed E-state index contributed by atoms with van der Waals surface area (Å²) in [6.45, 7) is 4.71. The molecule has 0 aromatic heterocycles. The van der Waals surface area contributed by atoms with Crippen LogP contribution in [-0.4, -0.2) is 42.5 Å². The maximum atomic E-state index is 12.2. The predicted molar refractivity (Wildman–Crippen MR) is 73.9 cm³/mol. The third-order valence-corrected chi connectivity index (χ3v) is 3.57. The average molecular weight is 284 g/mol.